The summed E-state index contributed by atoms with van der Waals surface area (Å²) in [7, 11) is 0. The summed E-state index contributed by atoms with van der Waals surface area (Å²) in [6.45, 7) is 8.20. The van der Waals surface area contributed by atoms with Gasteiger partial charge in [-0.3, -0.25) is 0 Å². The second-order valence-electron chi connectivity index (χ2n) is 6.47. The molecule has 0 bridgehead atoms. The molecule has 0 aliphatic heterocycles. The molecule has 0 atom stereocenters. The summed E-state index contributed by atoms with van der Waals surface area (Å²) in [5.74, 6) is 0. The summed E-state index contributed by atoms with van der Waals surface area (Å²) >= 11 is 0. The molecule has 0 aromatic rings. The van der Waals surface area contributed by atoms with Crippen molar-refractivity contribution >= 4 is 0 Å². The summed E-state index contributed by atoms with van der Waals surface area (Å²) in [4.78, 5) is 0. The fourth-order valence-corrected chi connectivity index (χ4v) is 2.48. The molecule has 0 rings (SSSR count). The van der Waals surface area contributed by atoms with E-state index >= 15 is 0 Å². The predicted molar refractivity (Wildman–Crippen MR) is 106 cm³/mol. The van der Waals surface area contributed by atoms with Crippen LogP contribution in [0.3, 0.4) is 0 Å². The van der Waals surface area contributed by atoms with Crippen LogP contribution in [0.25, 0.3) is 0 Å². The summed E-state index contributed by atoms with van der Waals surface area (Å²) in [5.41, 5.74) is 0. The van der Waals surface area contributed by atoms with Gasteiger partial charge in [0, 0.05) is 0 Å². The molecule has 0 radical (unpaired) electrons. The van der Waals surface area contributed by atoms with Crippen molar-refractivity contribution < 1.29 is 9.47 Å². The van der Waals surface area contributed by atoms with Crippen LogP contribution in [-0.2, 0) is 9.47 Å². The van der Waals surface area contributed by atoms with Crippen molar-refractivity contribution in [3.8, 4) is 0 Å². The highest BCUT2D eigenvalue weighted by Crippen LogP contribution is 2.07. The number of rotatable bonds is 18. The van der Waals surface area contributed by atoms with Crippen molar-refractivity contribution in [2.75, 3.05) is 13.2 Å². The summed E-state index contributed by atoms with van der Waals surface area (Å²) in [5, 5.41) is 0. The topological polar surface area (TPSA) is 18.5 Å². The zero-order valence-corrected chi connectivity index (χ0v) is 16.6. The Balaban J connectivity index is 3.62. The largest absolute Gasteiger partial charge is 0.352 e. The highest BCUT2D eigenvalue weighted by Gasteiger charge is 2.06. The second kappa shape index (κ2) is 20.4. The van der Waals surface area contributed by atoms with Crippen LogP contribution in [-0.4, -0.2) is 19.5 Å². The van der Waals surface area contributed by atoms with Crippen LogP contribution in [0.2, 0.25) is 0 Å². The van der Waals surface area contributed by atoms with E-state index in [0.29, 0.717) is 0 Å². The van der Waals surface area contributed by atoms with Gasteiger partial charge in [0.15, 0.2) is 6.29 Å². The number of hydrogen-bond donors (Lipinski definition) is 0. The van der Waals surface area contributed by atoms with Crippen molar-refractivity contribution in [2.24, 2.45) is 0 Å². The van der Waals surface area contributed by atoms with Gasteiger partial charge in [0.2, 0.25) is 0 Å². The standard InChI is InChI=1S/C22H42O2/c1-4-7-9-11-13-15-17-20-23-22(19-6-3)24-21-18-16-14-12-10-8-5-2/h13-16,22H,4-12,17-21H2,1-3H3/b15-13-,16-14-. The lowest BCUT2D eigenvalue weighted by Crippen LogP contribution is -2.18. The van der Waals surface area contributed by atoms with Crippen LogP contribution in [0.5, 0.6) is 0 Å². The van der Waals surface area contributed by atoms with Crippen LogP contribution >= 0.6 is 0 Å². The molecule has 0 spiro atoms. The molecule has 0 amide bonds. The molecule has 0 aromatic carbocycles. The minimum Gasteiger partial charge on any atom is -0.352 e. The Morgan fingerprint density at radius 3 is 1.46 bits per heavy atom. The van der Waals surface area contributed by atoms with E-state index < -0.39 is 0 Å². The molecule has 24 heavy (non-hydrogen) atoms. The number of hydrogen-bond acceptors (Lipinski definition) is 2. The quantitative estimate of drug-likeness (QED) is 0.149. The Kier molecular flexibility index (Phi) is 19.9. The van der Waals surface area contributed by atoms with Gasteiger partial charge in [-0.1, -0.05) is 77.2 Å². The first-order valence-corrected chi connectivity index (χ1v) is 10.4. The number of ether oxygens (including phenoxy) is 2. The smallest absolute Gasteiger partial charge is 0.157 e. The second-order valence-corrected chi connectivity index (χ2v) is 6.47. The molecule has 2 nitrogen and oxygen atoms in total. The molecule has 0 fully saturated rings. The molecule has 2 heteroatoms. The molecular weight excluding hydrogens is 296 g/mol. The molecule has 0 aliphatic rings. The van der Waals surface area contributed by atoms with E-state index in [2.05, 4.69) is 45.1 Å². The Labute approximate surface area is 151 Å². The maximum Gasteiger partial charge on any atom is 0.157 e. The Morgan fingerprint density at radius 1 is 0.583 bits per heavy atom. The van der Waals surface area contributed by atoms with Gasteiger partial charge in [-0.15, -0.1) is 0 Å². The first-order valence-electron chi connectivity index (χ1n) is 10.4. The Bertz CT molecular complexity index is 258. The van der Waals surface area contributed by atoms with E-state index in [9.17, 15) is 0 Å². The molecule has 0 saturated carbocycles. The third-order valence-corrected chi connectivity index (χ3v) is 3.98. The third kappa shape index (κ3) is 17.7. The molecule has 0 aromatic heterocycles. The van der Waals surface area contributed by atoms with E-state index in [-0.39, 0.29) is 6.29 Å². The maximum absolute atomic E-state index is 5.87. The highest BCUT2D eigenvalue weighted by molar-refractivity contribution is 4.82. The normalized spacial score (nSPS) is 12.2. The average molecular weight is 339 g/mol. The number of allylic oxidation sites excluding steroid dienone is 2. The van der Waals surface area contributed by atoms with E-state index in [4.69, 9.17) is 9.47 Å². The van der Waals surface area contributed by atoms with Crippen LogP contribution in [0.15, 0.2) is 24.3 Å². The zero-order chi connectivity index (χ0) is 17.7. The molecule has 0 unspecified atom stereocenters. The lowest BCUT2D eigenvalue weighted by atomic mass is 10.2. The van der Waals surface area contributed by atoms with E-state index in [0.717, 1.165) is 38.9 Å². The van der Waals surface area contributed by atoms with Crippen LogP contribution < -0.4 is 0 Å². The fraction of sp³-hybridized carbons (Fsp3) is 0.818. The van der Waals surface area contributed by atoms with Gasteiger partial charge >= 0.3 is 0 Å². The fourth-order valence-electron chi connectivity index (χ4n) is 2.48. The predicted octanol–water partition coefficient (Wildman–Crippen LogP) is 7.20. The SMILES string of the molecule is CCCCC/C=C\CCOC(CCC)OCC/C=C\CCCCC. The van der Waals surface area contributed by atoms with Gasteiger partial charge in [-0.05, 0) is 44.9 Å². The summed E-state index contributed by atoms with van der Waals surface area (Å²) in [6, 6.07) is 0. The van der Waals surface area contributed by atoms with Gasteiger partial charge in [0.1, 0.15) is 0 Å². The Morgan fingerprint density at radius 2 is 1.04 bits per heavy atom. The number of unbranched alkanes of at least 4 members (excludes halogenated alkanes) is 6. The van der Waals surface area contributed by atoms with Crippen molar-refractivity contribution in [3.05, 3.63) is 24.3 Å². The van der Waals surface area contributed by atoms with Crippen molar-refractivity contribution in [1.82, 2.24) is 0 Å². The Hall–Kier alpha value is -0.600. The van der Waals surface area contributed by atoms with Gasteiger partial charge in [0.25, 0.3) is 0 Å². The van der Waals surface area contributed by atoms with Crippen LogP contribution in [0.4, 0.5) is 0 Å². The average Bonchev–Trinajstić information content (AvgIpc) is 2.59. The minimum absolute atomic E-state index is 0.0306. The summed E-state index contributed by atoms with van der Waals surface area (Å²) < 4.78 is 11.7. The van der Waals surface area contributed by atoms with Gasteiger partial charge in [-0.2, -0.15) is 0 Å². The first-order chi connectivity index (χ1) is 11.8. The maximum atomic E-state index is 5.87. The van der Waals surface area contributed by atoms with E-state index in [1.807, 2.05) is 0 Å². The minimum atomic E-state index is -0.0306. The van der Waals surface area contributed by atoms with Crippen molar-refractivity contribution in [3.63, 3.8) is 0 Å². The molecule has 0 aliphatic carbocycles. The highest BCUT2D eigenvalue weighted by atomic mass is 16.7. The van der Waals surface area contributed by atoms with Gasteiger partial charge in [0.05, 0.1) is 13.2 Å². The first kappa shape index (κ1) is 23.4. The molecule has 142 valence electrons. The molecular formula is C22H42O2. The van der Waals surface area contributed by atoms with Gasteiger partial charge < -0.3 is 9.47 Å². The van der Waals surface area contributed by atoms with Crippen LogP contribution in [0, 0.1) is 0 Å². The zero-order valence-electron chi connectivity index (χ0n) is 16.6. The van der Waals surface area contributed by atoms with E-state index in [1.54, 1.807) is 0 Å². The molecule has 0 heterocycles. The molecule has 0 N–H and O–H groups in total. The van der Waals surface area contributed by atoms with E-state index in [1.165, 1.54) is 51.4 Å². The van der Waals surface area contributed by atoms with Gasteiger partial charge in [-0.25, -0.2) is 0 Å². The lowest BCUT2D eigenvalue weighted by molar-refractivity contribution is -0.144. The van der Waals surface area contributed by atoms with Crippen molar-refractivity contribution in [1.29, 1.82) is 0 Å². The van der Waals surface area contributed by atoms with Crippen molar-refractivity contribution in [2.45, 2.75) is 104 Å². The third-order valence-electron chi connectivity index (χ3n) is 3.98. The monoisotopic (exact) mass is 338 g/mol. The lowest BCUT2D eigenvalue weighted by Gasteiger charge is -2.17. The molecule has 0 saturated heterocycles. The van der Waals surface area contributed by atoms with Crippen LogP contribution in [0.1, 0.15) is 97.8 Å². The summed E-state index contributed by atoms with van der Waals surface area (Å²) in [6.07, 6.45) is 23.4.